The zero-order chi connectivity index (χ0) is 23.1. The third-order valence-corrected chi connectivity index (χ3v) is 4.50. The molecule has 0 aliphatic carbocycles. The van der Waals surface area contributed by atoms with E-state index in [-0.39, 0.29) is 12.4 Å². The monoisotopic (exact) mass is 433 g/mol. The fourth-order valence-electron chi connectivity index (χ4n) is 2.87. The maximum absolute atomic E-state index is 13.2. The van der Waals surface area contributed by atoms with E-state index in [2.05, 4.69) is 16.0 Å². The first-order valence-electron chi connectivity index (χ1n) is 9.59. The van der Waals surface area contributed by atoms with Crippen molar-refractivity contribution in [1.82, 2.24) is 20.6 Å². The van der Waals surface area contributed by atoms with Gasteiger partial charge in [-0.1, -0.05) is 0 Å². The number of aromatic nitrogens is 2. The van der Waals surface area contributed by atoms with E-state index in [1.165, 1.54) is 18.2 Å². The molecule has 3 aromatic rings. The molecule has 0 bridgehead atoms. The van der Waals surface area contributed by atoms with Crippen molar-refractivity contribution >= 4 is 17.9 Å². The number of ether oxygens (including phenoxy) is 1. The van der Waals surface area contributed by atoms with Crippen molar-refractivity contribution in [2.75, 3.05) is 6.61 Å². The molecule has 9 heteroatoms. The maximum atomic E-state index is 13.2. The Kier molecular flexibility index (Phi) is 6.98. The molecule has 2 aromatic carbocycles. The molecule has 0 spiro atoms. The number of aryl methyl sites for hydroxylation is 1. The van der Waals surface area contributed by atoms with Gasteiger partial charge < -0.3 is 4.74 Å². The van der Waals surface area contributed by atoms with E-state index in [9.17, 15) is 14.0 Å². The Morgan fingerprint density at radius 1 is 1.12 bits per heavy atom. The summed E-state index contributed by atoms with van der Waals surface area (Å²) < 4.78 is 20.1. The van der Waals surface area contributed by atoms with Crippen LogP contribution in [0.15, 0.2) is 54.6 Å². The van der Waals surface area contributed by atoms with E-state index >= 15 is 0 Å². The van der Waals surface area contributed by atoms with Crippen LogP contribution in [0.3, 0.4) is 0 Å². The van der Waals surface area contributed by atoms with Gasteiger partial charge in [-0.15, -0.1) is 0 Å². The number of hydrazine groups is 1. The summed E-state index contributed by atoms with van der Waals surface area (Å²) >= 11 is 0. The van der Waals surface area contributed by atoms with E-state index in [0.29, 0.717) is 22.7 Å². The van der Waals surface area contributed by atoms with Crippen LogP contribution < -0.4 is 15.6 Å². The second-order valence-corrected chi connectivity index (χ2v) is 6.77. The fourth-order valence-corrected chi connectivity index (χ4v) is 2.87. The molecule has 0 fully saturated rings. The number of benzene rings is 2. The topological polar surface area (TPSA) is 109 Å². The molecule has 162 valence electrons. The lowest BCUT2D eigenvalue weighted by molar-refractivity contribution is -0.128. The highest BCUT2D eigenvalue weighted by Gasteiger charge is 2.11. The van der Waals surface area contributed by atoms with Crippen molar-refractivity contribution in [3.05, 3.63) is 82.9 Å². The average Bonchev–Trinajstić information content (AvgIpc) is 3.08. The minimum atomic E-state index is -0.549. The van der Waals surface area contributed by atoms with Gasteiger partial charge in [0, 0.05) is 17.3 Å². The largest absolute Gasteiger partial charge is 0.484 e. The SMILES string of the molecule is Cc1nn(-c2ccc(F)cc2)c(C)c1/C=C/C(=O)NNC(=O)COc1ccc(C#N)cc1. The van der Waals surface area contributed by atoms with Crippen LogP contribution in [0.1, 0.15) is 22.5 Å². The van der Waals surface area contributed by atoms with Crippen molar-refractivity contribution in [2.45, 2.75) is 13.8 Å². The summed E-state index contributed by atoms with van der Waals surface area (Å²) in [7, 11) is 0. The third-order valence-electron chi connectivity index (χ3n) is 4.50. The van der Waals surface area contributed by atoms with Crippen molar-refractivity contribution in [1.29, 1.82) is 5.26 Å². The zero-order valence-electron chi connectivity index (χ0n) is 17.4. The predicted octanol–water partition coefficient (Wildman–Crippen LogP) is 2.74. The fraction of sp³-hybridized carbons (Fsp3) is 0.130. The van der Waals surface area contributed by atoms with E-state index in [0.717, 1.165) is 11.3 Å². The number of rotatable bonds is 6. The van der Waals surface area contributed by atoms with Gasteiger partial charge in [-0.3, -0.25) is 20.4 Å². The van der Waals surface area contributed by atoms with Gasteiger partial charge in [0.15, 0.2) is 6.61 Å². The molecule has 0 atom stereocenters. The van der Waals surface area contributed by atoms with Gasteiger partial charge in [-0.05, 0) is 68.5 Å². The highest BCUT2D eigenvalue weighted by molar-refractivity contribution is 5.93. The van der Waals surface area contributed by atoms with Crippen LogP contribution in [0, 0.1) is 31.0 Å². The molecule has 2 N–H and O–H groups in total. The lowest BCUT2D eigenvalue weighted by Gasteiger charge is -2.07. The molecule has 2 amide bonds. The Morgan fingerprint density at radius 2 is 1.81 bits per heavy atom. The summed E-state index contributed by atoms with van der Waals surface area (Å²) in [5.74, 6) is -0.997. The van der Waals surface area contributed by atoms with Crippen LogP contribution in [-0.4, -0.2) is 28.2 Å². The van der Waals surface area contributed by atoms with Crippen LogP contribution in [0.5, 0.6) is 5.75 Å². The van der Waals surface area contributed by atoms with Crippen molar-refractivity contribution in [3.8, 4) is 17.5 Å². The van der Waals surface area contributed by atoms with Crippen molar-refractivity contribution < 1.29 is 18.7 Å². The summed E-state index contributed by atoms with van der Waals surface area (Å²) in [5, 5.41) is 13.2. The second-order valence-electron chi connectivity index (χ2n) is 6.77. The van der Waals surface area contributed by atoms with E-state index < -0.39 is 11.8 Å². The molecule has 0 saturated carbocycles. The van der Waals surface area contributed by atoms with Crippen molar-refractivity contribution in [2.24, 2.45) is 0 Å². The molecule has 1 heterocycles. The minimum Gasteiger partial charge on any atom is -0.484 e. The first-order chi connectivity index (χ1) is 15.4. The van der Waals surface area contributed by atoms with Crippen LogP contribution in [0.25, 0.3) is 11.8 Å². The normalized spacial score (nSPS) is 10.6. The third kappa shape index (κ3) is 5.58. The number of carbonyl (C=O) groups excluding carboxylic acids is 2. The van der Waals surface area contributed by atoms with Gasteiger partial charge in [0.25, 0.3) is 11.8 Å². The quantitative estimate of drug-likeness (QED) is 0.459. The van der Waals surface area contributed by atoms with E-state index in [1.807, 2.05) is 13.0 Å². The standard InChI is InChI=1S/C23H20FN5O3/c1-15-21(16(2)29(28-15)19-7-5-18(24)6-8-19)11-12-22(30)26-27-23(31)14-32-20-9-3-17(13-25)4-10-20/h3-12H,14H2,1-2H3,(H,26,30)(H,27,31)/b12-11+. The maximum Gasteiger partial charge on any atom is 0.276 e. The lowest BCUT2D eigenvalue weighted by Crippen LogP contribution is -2.43. The molecule has 0 radical (unpaired) electrons. The highest BCUT2D eigenvalue weighted by atomic mass is 19.1. The smallest absolute Gasteiger partial charge is 0.276 e. The number of hydrogen-bond donors (Lipinski definition) is 2. The Balaban J connectivity index is 1.53. The zero-order valence-corrected chi connectivity index (χ0v) is 17.4. The summed E-state index contributed by atoms with van der Waals surface area (Å²) in [5.41, 5.74) is 7.91. The molecule has 3 rings (SSSR count). The Morgan fingerprint density at radius 3 is 2.47 bits per heavy atom. The number of nitrogens with one attached hydrogen (secondary N) is 2. The molecule has 0 aliphatic rings. The van der Waals surface area contributed by atoms with Crippen LogP contribution >= 0.6 is 0 Å². The minimum absolute atomic E-state index is 0.307. The molecule has 8 nitrogen and oxygen atoms in total. The van der Waals surface area contributed by atoms with Gasteiger partial charge in [-0.2, -0.15) is 10.4 Å². The number of carbonyl (C=O) groups is 2. The summed E-state index contributed by atoms with van der Waals surface area (Å²) in [4.78, 5) is 23.9. The first-order valence-corrected chi connectivity index (χ1v) is 9.59. The summed E-state index contributed by atoms with van der Waals surface area (Å²) in [6, 6.07) is 14.2. The molecular weight excluding hydrogens is 413 g/mol. The first kappa shape index (κ1) is 22.2. The molecule has 0 aliphatic heterocycles. The number of amides is 2. The number of hydrogen-bond acceptors (Lipinski definition) is 5. The van der Waals surface area contributed by atoms with Gasteiger partial charge >= 0.3 is 0 Å². The van der Waals surface area contributed by atoms with E-state index in [1.54, 1.807) is 54.1 Å². The average molecular weight is 433 g/mol. The van der Waals surface area contributed by atoms with Gasteiger partial charge in [0.1, 0.15) is 11.6 Å². The van der Waals surface area contributed by atoms with Crippen LogP contribution in [-0.2, 0) is 9.59 Å². The van der Waals surface area contributed by atoms with Gasteiger partial charge in [0.2, 0.25) is 0 Å². The lowest BCUT2D eigenvalue weighted by atomic mass is 10.2. The Labute approximate surface area is 183 Å². The van der Waals surface area contributed by atoms with Gasteiger partial charge in [0.05, 0.1) is 23.0 Å². The number of halogens is 1. The molecule has 1 aromatic heterocycles. The second kappa shape index (κ2) is 10.0. The molecular formula is C23H20FN5O3. The summed E-state index contributed by atoms with van der Waals surface area (Å²) in [6.45, 7) is 3.33. The van der Waals surface area contributed by atoms with Crippen molar-refractivity contribution in [3.63, 3.8) is 0 Å². The molecule has 0 saturated heterocycles. The van der Waals surface area contributed by atoms with Gasteiger partial charge in [-0.25, -0.2) is 9.07 Å². The van der Waals surface area contributed by atoms with Crippen LogP contribution in [0.4, 0.5) is 4.39 Å². The Bertz CT molecular complexity index is 1190. The van der Waals surface area contributed by atoms with E-state index in [4.69, 9.17) is 10.00 Å². The Hall–Kier alpha value is -4.45. The number of nitriles is 1. The summed E-state index contributed by atoms with van der Waals surface area (Å²) in [6.07, 6.45) is 2.86. The highest BCUT2D eigenvalue weighted by Crippen LogP contribution is 2.19. The predicted molar refractivity (Wildman–Crippen MR) is 115 cm³/mol. The van der Waals surface area contributed by atoms with Crippen LogP contribution in [0.2, 0.25) is 0 Å². The number of nitrogens with zero attached hydrogens (tertiary/aromatic N) is 3. The molecule has 0 unspecified atom stereocenters. The molecule has 32 heavy (non-hydrogen) atoms.